The quantitative estimate of drug-likeness (QED) is 0.485. The maximum Gasteiger partial charge on any atom is 0.242 e. The molecule has 0 saturated heterocycles. The summed E-state index contributed by atoms with van der Waals surface area (Å²) in [5.41, 5.74) is 2.36. The third-order valence-electron chi connectivity index (χ3n) is 6.61. The highest BCUT2D eigenvalue weighted by molar-refractivity contribution is 7.92. The summed E-state index contributed by atoms with van der Waals surface area (Å²) in [6.45, 7) is 4.07. The molecule has 2 amide bonds. The standard InChI is InChI=1S/C27H36FN3O4S/c1-20-10-12-22(13-11-20)19-30(21(2)27(33)29-24-7-4-5-8-24)26(32)9-6-18-31(36(3,34)35)25-16-14-23(28)15-17-25/h10-17,21,24H,4-9,18-19H2,1-3H3,(H,29,33)/t21-/m1/s1. The number of nitrogens with zero attached hydrogens (tertiary/aromatic N) is 2. The van der Waals surface area contributed by atoms with Crippen LogP contribution in [0.4, 0.5) is 10.1 Å². The van der Waals surface area contributed by atoms with Crippen LogP contribution in [0, 0.1) is 12.7 Å². The number of halogens is 1. The molecule has 1 atom stereocenters. The number of benzene rings is 2. The van der Waals surface area contributed by atoms with Gasteiger partial charge < -0.3 is 10.2 Å². The lowest BCUT2D eigenvalue weighted by molar-refractivity contribution is -0.141. The lowest BCUT2D eigenvalue weighted by atomic mass is 10.1. The Labute approximate surface area is 213 Å². The summed E-state index contributed by atoms with van der Waals surface area (Å²) in [6, 6.07) is 12.5. The van der Waals surface area contributed by atoms with Crippen LogP contribution in [-0.2, 0) is 26.2 Å². The van der Waals surface area contributed by atoms with Gasteiger partial charge in [-0.15, -0.1) is 0 Å². The van der Waals surface area contributed by atoms with Crippen molar-refractivity contribution in [3.63, 3.8) is 0 Å². The molecule has 2 aromatic carbocycles. The molecule has 7 nitrogen and oxygen atoms in total. The van der Waals surface area contributed by atoms with E-state index in [0.717, 1.165) is 43.1 Å². The number of carbonyl (C=O) groups excluding carboxylic acids is 2. The fourth-order valence-electron chi connectivity index (χ4n) is 4.48. The van der Waals surface area contributed by atoms with Crippen molar-refractivity contribution >= 4 is 27.5 Å². The maximum absolute atomic E-state index is 13.3. The predicted octanol–water partition coefficient (Wildman–Crippen LogP) is 4.16. The maximum atomic E-state index is 13.3. The van der Waals surface area contributed by atoms with Crippen LogP contribution < -0.4 is 9.62 Å². The number of sulfonamides is 1. The van der Waals surface area contributed by atoms with Crippen LogP contribution in [0.15, 0.2) is 48.5 Å². The Morgan fingerprint density at radius 3 is 2.25 bits per heavy atom. The Bertz CT molecular complexity index is 1130. The molecule has 1 fully saturated rings. The number of hydrogen-bond donors (Lipinski definition) is 1. The van der Waals surface area contributed by atoms with Gasteiger partial charge in [0.05, 0.1) is 11.9 Å². The van der Waals surface area contributed by atoms with E-state index in [0.29, 0.717) is 5.69 Å². The molecule has 0 aliphatic heterocycles. The number of amides is 2. The van der Waals surface area contributed by atoms with Crippen molar-refractivity contribution in [1.29, 1.82) is 0 Å². The second-order valence-corrected chi connectivity index (χ2v) is 11.5. The molecule has 1 N–H and O–H groups in total. The first kappa shape index (κ1) is 27.6. The van der Waals surface area contributed by atoms with Gasteiger partial charge in [-0.2, -0.15) is 0 Å². The zero-order valence-electron chi connectivity index (χ0n) is 21.2. The summed E-state index contributed by atoms with van der Waals surface area (Å²) in [6.07, 6.45) is 5.50. The summed E-state index contributed by atoms with van der Waals surface area (Å²) in [5, 5.41) is 3.08. The van der Waals surface area contributed by atoms with Crippen molar-refractivity contribution in [2.45, 2.75) is 71.0 Å². The second kappa shape index (κ2) is 12.3. The Morgan fingerprint density at radius 2 is 1.67 bits per heavy atom. The molecule has 196 valence electrons. The average molecular weight is 518 g/mol. The van der Waals surface area contributed by atoms with E-state index in [1.54, 1.807) is 11.8 Å². The average Bonchev–Trinajstić information content (AvgIpc) is 3.34. The lowest BCUT2D eigenvalue weighted by Gasteiger charge is -2.30. The third kappa shape index (κ3) is 7.78. The molecule has 0 spiro atoms. The first-order chi connectivity index (χ1) is 17.0. The van der Waals surface area contributed by atoms with Gasteiger partial charge in [0.15, 0.2) is 0 Å². The van der Waals surface area contributed by atoms with Gasteiger partial charge >= 0.3 is 0 Å². The summed E-state index contributed by atoms with van der Waals surface area (Å²) in [4.78, 5) is 27.9. The van der Waals surface area contributed by atoms with E-state index in [1.807, 2.05) is 31.2 Å². The summed E-state index contributed by atoms with van der Waals surface area (Å²) >= 11 is 0. The molecule has 0 bridgehead atoms. The molecule has 0 heterocycles. The number of nitrogens with one attached hydrogen (secondary N) is 1. The highest BCUT2D eigenvalue weighted by Gasteiger charge is 2.28. The summed E-state index contributed by atoms with van der Waals surface area (Å²) in [7, 11) is -3.62. The van der Waals surface area contributed by atoms with Crippen molar-refractivity contribution in [2.24, 2.45) is 0 Å². The molecule has 1 aliphatic carbocycles. The SMILES string of the molecule is Cc1ccc(CN(C(=O)CCCN(c2ccc(F)cc2)S(C)(=O)=O)[C@H](C)C(=O)NC2CCCC2)cc1. The molecule has 1 saturated carbocycles. The number of rotatable bonds is 11. The van der Waals surface area contributed by atoms with E-state index in [4.69, 9.17) is 0 Å². The van der Waals surface area contributed by atoms with Crippen LogP contribution >= 0.6 is 0 Å². The highest BCUT2D eigenvalue weighted by atomic mass is 32.2. The van der Waals surface area contributed by atoms with Crippen LogP contribution in [0.1, 0.15) is 56.6 Å². The first-order valence-electron chi connectivity index (χ1n) is 12.4. The normalized spacial score (nSPS) is 14.9. The zero-order chi connectivity index (χ0) is 26.3. The third-order valence-corrected chi connectivity index (χ3v) is 7.80. The zero-order valence-corrected chi connectivity index (χ0v) is 22.1. The van der Waals surface area contributed by atoms with Gasteiger partial charge in [-0.1, -0.05) is 42.7 Å². The fraction of sp³-hybridized carbons (Fsp3) is 0.481. The minimum Gasteiger partial charge on any atom is -0.352 e. The monoisotopic (exact) mass is 517 g/mol. The van der Waals surface area contributed by atoms with E-state index >= 15 is 0 Å². The van der Waals surface area contributed by atoms with Gasteiger partial charge in [-0.25, -0.2) is 12.8 Å². The Hall–Kier alpha value is -2.94. The lowest BCUT2D eigenvalue weighted by Crippen LogP contribution is -2.49. The van der Waals surface area contributed by atoms with Crippen LogP contribution in [-0.4, -0.2) is 50.0 Å². The van der Waals surface area contributed by atoms with E-state index in [9.17, 15) is 22.4 Å². The Morgan fingerprint density at radius 1 is 1.06 bits per heavy atom. The highest BCUT2D eigenvalue weighted by Crippen LogP contribution is 2.21. The minimum absolute atomic E-state index is 0.0667. The largest absolute Gasteiger partial charge is 0.352 e. The molecule has 36 heavy (non-hydrogen) atoms. The van der Waals surface area contributed by atoms with Gasteiger partial charge in [-0.3, -0.25) is 13.9 Å². The molecule has 3 rings (SSSR count). The van der Waals surface area contributed by atoms with Crippen molar-refractivity contribution in [3.05, 3.63) is 65.5 Å². The number of aryl methyl sites for hydroxylation is 1. The Kier molecular flexibility index (Phi) is 9.48. The number of anilines is 1. The van der Waals surface area contributed by atoms with Crippen molar-refractivity contribution < 1.29 is 22.4 Å². The van der Waals surface area contributed by atoms with E-state index < -0.39 is 21.9 Å². The number of carbonyl (C=O) groups is 2. The molecule has 0 aromatic heterocycles. The van der Waals surface area contributed by atoms with Gasteiger partial charge in [0.1, 0.15) is 11.9 Å². The van der Waals surface area contributed by atoms with Crippen LogP contribution in [0.5, 0.6) is 0 Å². The molecule has 0 unspecified atom stereocenters. The molecular weight excluding hydrogens is 481 g/mol. The smallest absolute Gasteiger partial charge is 0.242 e. The second-order valence-electron chi connectivity index (χ2n) is 9.59. The van der Waals surface area contributed by atoms with Gasteiger partial charge in [0.25, 0.3) is 0 Å². The topological polar surface area (TPSA) is 86.8 Å². The Balaban J connectivity index is 1.70. The van der Waals surface area contributed by atoms with E-state index in [2.05, 4.69) is 5.32 Å². The predicted molar refractivity (Wildman–Crippen MR) is 139 cm³/mol. The summed E-state index contributed by atoms with van der Waals surface area (Å²) < 4.78 is 39.2. The van der Waals surface area contributed by atoms with Crippen LogP contribution in [0.25, 0.3) is 0 Å². The molecule has 2 aromatic rings. The van der Waals surface area contributed by atoms with Crippen molar-refractivity contribution in [1.82, 2.24) is 10.2 Å². The van der Waals surface area contributed by atoms with Crippen molar-refractivity contribution in [3.8, 4) is 0 Å². The van der Waals surface area contributed by atoms with Crippen LogP contribution in [0.2, 0.25) is 0 Å². The van der Waals surface area contributed by atoms with Crippen LogP contribution in [0.3, 0.4) is 0 Å². The molecular formula is C27H36FN3O4S. The molecule has 1 aliphatic rings. The molecule has 9 heteroatoms. The van der Waals surface area contributed by atoms with Gasteiger partial charge in [-0.05, 0) is 62.9 Å². The minimum atomic E-state index is -3.62. The van der Waals surface area contributed by atoms with Gasteiger partial charge in [0, 0.05) is 25.6 Å². The van der Waals surface area contributed by atoms with Crippen molar-refractivity contribution in [2.75, 3.05) is 17.1 Å². The fourth-order valence-corrected chi connectivity index (χ4v) is 5.44. The molecule has 0 radical (unpaired) electrons. The summed E-state index contributed by atoms with van der Waals surface area (Å²) in [5.74, 6) is -0.859. The van der Waals surface area contributed by atoms with Gasteiger partial charge in [0.2, 0.25) is 21.8 Å². The first-order valence-corrected chi connectivity index (χ1v) is 14.3. The van der Waals surface area contributed by atoms with E-state index in [-0.39, 0.29) is 43.8 Å². The number of hydrogen-bond acceptors (Lipinski definition) is 4. The van der Waals surface area contributed by atoms with E-state index in [1.165, 1.54) is 28.6 Å².